The number of anilines is 2. The molecule has 0 aliphatic rings. The number of pyridine rings is 1. The van der Waals surface area contributed by atoms with Crippen molar-refractivity contribution in [1.29, 1.82) is 0 Å². The summed E-state index contributed by atoms with van der Waals surface area (Å²) in [6, 6.07) is 10.9. The number of carbonyl (C=O) groups excluding carboxylic acids is 1. The van der Waals surface area contributed by atoms with Gasteiger partial charge in [-0.2, -0.15) is 18.2 Å². The first-order valence-electron chi connectivity index (χ1n) is 7.86. The summed E-state index contributed by atoms with van der Waals surface area (Å²) in [5.41, 5.74) is 2.27. The molecule has 1 amide bonds. The van der Waals surface area contributed by atoms with Crippen LogP contribution in [0.25, 0.3) is 5.65 Å². The molecule has 2 aromatic heterocycles. The summed E-state index contributed by atoms with van der Waals surface area (Å²) in [4.78, 5) is 16.8. The van der Waals surface area contributed by atoms with E-state index in [2.05, 4.69) is 10.1 Å². The standard InChI is InChI=1S/C17H16F3N5O2/c1-24(2)12-5-3-11(4-6-12)10-27-13-7-8-25-14(9-13)21-16(23-25)22-15(26)17(18,19)20/h3-9H,10H2,1-2H3,(H,22,23,26). The molecule has 0 atom stereocenters. The number of alkyl halides is 3. The molecule has 2 heterocycles. The molecule has 10 heteroatoms. The Labute approximate surface area is 152 Å². The molecule has 142 valence electrons. The van der Waals surface area contributed by atoms with Crippen molar-refractivity contribution >= 4 is 23.2 Å². The topological polar surface area (TPSA) is 71.8 Å². The van der Waals surface area contributed by atoms with Crippen LogP contribution in [0.3, 0.4) is 0 Å². The maximum atomic E-state index is 12.3. The first kappa shape index (κ1) is 18.5. The monoisotopic (exact) mass is 379 g/mol. The van der Waals surface area contributed by atoms with Gasteiger partial charge in [-0.1, -0.05) is 12.1 Å². The highest BCUT2D eigenvalue weighted by molar-refractivity contribution is 5.93. The lowest BCUT2D eigenvalue weighted by Gasteiger charge is -2.13. The molecule has 0 aliphatic carbocycles. The van der Waals surface area contributed by atoms with E-state index < -0.39 is 18.0 Å². The first-order chi connectivity index (χ1) is 12.7. The van der Waals surface area contributed by atoms with E-state index in [-0.39, 0.29) is 5.65 Å². The van der Waals surface area contributed by atoms with Crippen LogP contribution in [0.2, 0.25) is 0 Å². The zero-order chi connectivity index (χ0) is 19.6. The minimum atomic E-state index is -5.01. The van der Waals surface area contributed by atoms with E-state index in [1.165, 1.54) is 16.8 Å². The molecule has 1 N–H and O–H groups in total. The molecule has 27 heavy (non-hydrogen) atoms. The van der Waals surface area contributed by atoms with Crippen LogP contribution in [0, 0.1) is 0 Å². The van der Waals surface area contributed by atoms with Crippen LogP contribution in [0.4, 0.5) is 24.8 Å². The van der Waals surface area contributed by atoms with Crippen LogP contribution in [0.15, 0.2) is 42.6 Å². The third-order valence-electron chi connectivity index (χ3n) is 3.65. The highest BCUT2D eigenvalue weighted by atomic mass is 19.4. The number of aromatic nitrogens is 3. The summed E-state index contributed by atoms with van der Waals surface area (Å²) in [6.07, 6.45) is -3.52. The van der Waals surface area contributed by atoms with Crippen LogP contribution in [-0.2, 0) is 11.4 Å². The molecule has 0 fully saturated rings. The highest BCUT2D eigenvalue weighted by Gasteiger charge is 2.39. The van der Waals surface area contributed by atoms with Crippen molar-refractivity contribution in [3.05, 3.63) is 48.2 Å². The van der Waals surface area contributed by atoms with Crippen LogP contribution < -0.4 is 15.0 Å². The average molecular weight is 379 g/mol. The van der Waals surface area contributed by atoms with Gasteiger partial charge >= 0.3 is 12.1 Å². The third-order valence-corrected chi connectivity index (χ3v) is 3.65. The average Bonchev–Trinajstić information content (AvgIpc) is 3.01. The van der Waals surface area contributed by atoms with Crippen molar-refractivity contribution in [3.63, 3.8) is 0 Å². The van der Waals surface area contributed by atoms with E-state index in [9.17, 15) is 18.0 Å². The van der Waals surface area contributed by atoms with Crippen LogP contribution >= 0.6 is 0 Å². The number of nitrogens with one attached hydrogen (secondary N) is 1. The molecule has 0 radical (unpaired) electrons. The van der Waals surface area contributed by atoms with Crippen molar-refractivity contribution in [2.24, 2.45) is 0 Å². The van der Waals surface area contributed by atoms with Crippen LogP contribution in [0.5, 0.6) is 5.75 Å². The highest BCUT2D eigenvalue weighted by Crippen LogP contribution is 2.20. The van der Waals surface area contributed by atoms with Crippen molar-refractivity contribution in [2.45, 2.75) is 12.8 Å². The van der Waals surface area contributed by atoms with E-state index in [4.69, 9.17) is 4.74 Å². The quantitative estimate of drug-likeness (QED) is 0.738. The maximum absolute atomic E-state index is 12.3. The molecule has 3 aromatic rings. The predicted octanol–water partition coefficient (Wildman–Crippen LogP) is 2.88. The Balaban J connectivity index is 1.68. The number of hydrogen-bond donors (Lipinski definition) is 1. The number of amides is 1. The first-order valence-corrected chi connectivity index (χ1v) is 7.86. The summed E-state index contributed by atoms with van der Waals surface area (Å²) in [5.74, 6) is -2.09. The van der Waals surface area contributed by atoms with E-state index in [0.717, 1.165) is 11.3 Å². The SMILES string of the molecule is CN(C)c1ccc(COc2ccn3nc(NC(=O)C(F)(F)F)nc3c2)cc1. The van der Waals surface area contributed by atoms with Crippen molar-refractivity contribution < 1.29 is 22.7 Å². The Hall–Kier alpha value is -3.30. The van der Waals surface area contributed by atoms with Crippen molar-refractivity contribution in [3.8, 4) is 5.75 Å². The summed E-state index contributed by atoms with van der Waals surface area (Å²) in [7, 11) is 3.90. The van der Waals surface area contributed by atoms with Gasteiger partial charge in [0.2, 0.25) is 5.95 Å². The van der Waals surface area contributed by atoms with Gasteiger partial charge in [0.15, 0.2) is 5.65 Å². The molecular weight excluding hydrogens is 363 g/mol. The number of halogens is 3. The number of fused-ring (bicyclic) bond motifs is 1. The molecule has 0 saturated carbocycles. The van der Waals surface area contributed by atoms with E-state index >= 15 is 0 Å². The minimum Gasteiger partial charge on any atom is -0.489 e. The summed E-state index contributed by atoms with van der Waals surface area (Å²) in [6.45, 7) is 0.315. The van der Waals surface area contributed by atoms with Crippen LogP contribution in [0.1, 0.15) is 5.56 Å². The minimum absolute atomic E-state index is 0.243. The van der Waals surface area contributed by atoms with Crippen molar-refractivity contribution in [1.82, 2.24) is 14.6 Å². The van der Waals surface area contributed by atoms with Gasteiger partial charge in [0.25, 0.3) is 0 Å². The predicted molar refractivity (Wildman–Crippen MR) is 92.8 cm³/mol. The Kier molecular flexibility index (Phi) is 4.89. The van der Waals surface area contributed by atoms with E-state index in [0.29, 0.717) is 12.4 Å². The normalized spacial score (nSPS) is 11.4. The fourth-order valence-electron chi connectivity index (χ4n) is 2.24. The number of ether oxygens (including phenoxy) is 1. The zero-order valence-corrected chi connectivity index (χ0v) is 14.5. The Morgan fingerprint density at radius 2 is 1.93 bits per heavy atom. The van der Waals surface area contributed by atoms with Gasteiger partial charge in [0.1, 0.15) is 12.4 Å². The van der Waals surface area contributed by atoms with E-state index in [1.807, 2.05) is 43.3 Å². The summed E-state index contributed by atoms with van der Waals surface area (Å²) >= 11 is 0. The lowest BCUT2D eigenvalue weighted by Crippen LogP contribution is -2.30. The zero-order valence-electron chi connectivity index (χ0n) is 14.5. The van der Waals surface area contributed by atoms with Crippen LogP contribution in [-0.4, -0.2) is 40.8 Å². The third kappa shape index (κ3) is 4.46. The van der Waals surface area contributed by atoms with Gasteiger partial charge in [-0.05, 0) is 23.8 Å². The summed E-state index contributed by atoms with van der Waals surface area (Å²) < 4.78 is 43.8. The molecule has 7 nitrogen and oxygen atoms in total. The molecular formula is C17H16F3N5O2. The van der Waals surface area contributed by atoms with Gasteiger partial charge in [-0.25, -0.2) is 4.52 Å². The molecule has 1 aromatic carbocycles. The second kappa shape index (κ2) is 7.14. The smallest absolute Gasteiger partial charge is 0.471 e. The van der Waals surface area contributed by atoms with Gasteiger partial charge < -0.3 is 9.64 Å². The fourth-order valence-corrected chi connectivity index (χ4v) is 2.24. The van der Waals surface area contributed by atoms with Gasteiger partial charge in [0.05, 0.1) is 0 Å². The number of benzene rings is 1. The molecule has 3 rings (SSSR count). The number of hydrogen-bond acceptors (Lipinski definition) is 5. The molecule has 0 saturated heterocycles. The molecule has 0 unspecified atom stereocenters. The second-order valence-electron chi connectivity index (χ2n) is 5.90. The van der Waals surface area contributed by atoms with Crippen molar-refractivity contribution in [2.75, 3.05) is 24.3 Å². The molecule has 0 spiro atoms. The summed E-state index contributed by atoms with van der Waals surface area (Å²) in [5, 5.41) is 5.38. The number of rotatable bonds is 5. The Morgan fingerprint density at radius 1 is 1.22 bits per heavy atom. The maximum Gasteiger partial charge on any atom is 0.471 e. The fraction of sp³-hybridized carbons (Fsp3) is 0.235. The van der Waals surface area contributed by atoms with Gasteiger partial charge in [0, 0.05) is 32.0 Å². The van der Waals surface area contributed by atoms with Gasteiger partial charge in [-0.15, -0.1) is 5.10 Å². The van der Waals surface area contributed by atoms with E-state index in [1.54, 1.807) is 11.4 Å². The molecule has 0 bridgehead atoms. The van der Waals surface area contributed by atoms with Gasteiger partial charge in [-0.3, -0.25) is 10.1 Å². The molecule has 0 aliphatic heterocycles. The largest absolute Gasteiger partial charge is 0.489 e. The Bertz CT molecular complexity index is 951. The Morgan fingerprint density at radius 3 is 2.56 bits per heavy atom. The number of nitrogens with zero attached hydrogens (tertiary/aromatic N) is 4. The number of carbonyl (C=O) groups is 1. The lowest BCUT2D eigenvalue weighted by atomic mass is 10.2. The second-order valence-corrected chi connectivity index (χ2v) is 5.90. The lowest BCUT2D eigenvalue weighted by molar-refractivity contribution is -0.167.